The summed E-state index contributed by atoms with van der Waals surface area (Å²) in [6, 6.07) is 9.31. The molecule has 4 rings (SSSR count). The van der Waals surface area contributed by atoms with Crippen molar-refractivity contribution in [2.45, 2.75) is 92.4 Å². The predicted octanol–water partition coefficient (Wildman–Crippen LogP) is -4.67. The minimum absolute atomic E-state index is 0.0775. The van der Waals surface area contributed by atoms with Gasteiger partial charge >= 0.3 is 0 Å². The lowest BCUT2D eigenvalue weighted by Crippen LogP contribution is -2.65. The van der Waals surface area contributed by atoms with Crippen molar-refractivity contribution < 1.29 is 74.4 Å². The highest BCUT2D eigenvalue weighted by molar-refractivity contribution is 5.14. The average Bonchev–Trinajstić information content (AvgIpc) is 2.96. The first-order valence-corrected chi connectivity index (χ1v) is 13.0. The molecule has 0 spiro atoms. The van der Waals surface area contributed by atoms with Gasteiger partial charge in [0.1, 0.15) is 67.1 Å². The molecule has 14 atom stereocenters. The summed E-state index contributed by atoms with van der Waals surface area (Å²) in [5.41, 5.74) is 0.939. The molecule has 0 unspecified atom stereocenters. The van der Waals surface area contributed by atoms with E-state index in [4.69, 9.17) is 28.4 Å². The maximum atomic E-state index is 11.0. The van der Waals surface area contributed by atoms with Gasteiger partial charge in [-0.25, -0.2) is 0 Å². The first kappa shape index (κ1) is 31.6. The minimum atomic E-state index is -1.78. The van der Waals surface area contributed by atoms with E-state index in [1.54, 1.807) is 0 Å². The molecule has 40 heavy (non-hydrogen) atoms. The van der Waals surface area contributed by atoms with Gasteiger partial charge in [0.2, 0.25) is 0 Å². The van der Waals surface area contributed by atoms with E-state index < -0.39 is 99.2 Å². The zero-order valence-electron chi connectivity index (χ0n) is 21.5. The quantitative estimate of drug-likeness (QED) is 0.127. The van der Waals surface area contributed by atoms with Gasteiger partial charge in [-0.05, 0) is 12.0 Å². The molecule has 3 aliphatic heterocycles. The molecule has 3 fully saturated rings. The molecule has 0 radical (unpaired) electrons. The lowest BCUT2D eigenvalue weighted by Gasteiger charge is -2.46. The van der Waals surface area contributed by atoms with E-state index in [0.717, 1.165) is 5.56 Å². The Bertz CT molecular complexity index is 892. The van der Waals surface area contributed by atoms with Crippen molar-refractivity contribution in [3.8, 4) is 0 Å². The molecule has 3 heterocycles. The summed E-state index contributed by atoms with van der Waals surface area (Å²) in [7, 11) is 0. The molecule has 3 saturated heterocycles. The number of hydrogen-bond acceptors (Lipinski definition) is 15. The predicted molar refractivity (Wildman–Crippen MR) is 129 cm³/mol. The molecule has 228 valence electrons. The Kier molecular flexibility index (Phi) is 11.2. The third-order valence-electron chi connectivity index (χ3n) is 7.18. The van der Waals surface area contributed by atoms with E-state index in [1.165, 1.54) is 0 Å². The first-order chi connectivity index (χ1) is 19.1. The van der Waals surface area contributed by atoms with E-state index in [1.807, 2.05) is 30.3 Å². The number of ether oxygens (including phenoxy) is 6. The Labute approximate surface area is 229 Å². The number of rotatable bonds is 10. The van der Waals surface area contributed by atoms with Crippen LogP contribution < -0.4 is 0 Å². The van der Waals surface area contributed by atoms with Crippen molar-refractivity contribution in [3.05, 3.63) is 35.9 Å². The summed E-state index contributed by atoms with van der Waals surface area (Å²) >= 11 is 0. The van der Waals surface area contributed by atoms with E-state index in [-0.39, 0.29) is 13.2 Å². The molecular weight excluding hydrogens is 540 g/mol. The molecule has 3 aliphatic rings. The van der Waals surface area contributed by atoms with Gasteiger partial charge < -0.3 is 74.4 Å². The van der Waals surface area contributed by atoms with Crippen LogP contribution in [0.3, 0.4) is 0 Å². The summed E-state index contributed by atoms with van der Waals surface area (Å²) in [5, 5.41) is 91.4. The lowest BCUT2D eigenvalue weighted by molar-refractivity contribution is -0.370. The smallest absolute Gasteiger partial charge is 0.187 e. The van der Waals surface area contributed by atoms with Crippen molar-refractivity contribution in [2.24, 2.45) is 0 Å². The highest BCUT2D eigenvalue weighted by Crippen LogP contribution is 2.30. The van der Waals surface area contributed by atoms with Crippen LogP contribution in [0.1, 0.15) is 5.56 Å². The monoisotopic (exact) mass is 578 g/mol. The van der Waals surface area contributed by atoms with Crippen LogP contribution in [0.15, 0.2) is 30.3 Å². The van der Waals surface area contributed by atoms with Crippen molar-refractivity contribution in [1.29, 1.82) is 0 Å². The molecule has 0 bridgehead atoms. The summed E-state index contributed by atoms with van der Waals surface area (Å²) < 4.78 is 33.4. The van der Waals surface area contributed by atoms with E-state index in [0.29, 0.717) is 6.42 Å². The van der Waals surface area contributed by atoms with Crippen LogP contribution in [-0.4, -0.2) is 158 Å². The summed E-state index contributed by atoms with van der Waals surface area (Å²) in [6.45, 7) is -1.36. The third kappa shape index (κ3) is 7.15. The number of benzene rings is 1. The van der Waals surface area contributed by atoms with Crippen LogP contribution in [-0.2, 0) is 34.8 Å². The van der Waals surface area contributed by atoms with Crippen LogP contribution in [0.2, 0.25) is 0 Å². The normalized spacial score (nSPS) is 44.4. The van der Waals surface area contributed by atoms with Crippen molar-refractivity contribution >= 4 is 0 Å². The van der Waals surface area contributed by atoms with Gasteiger partial charge in [0, 0.05) is 0 Å². The second kappa shape index (κ2) is 14.2. The molecule has 9 N–H and O–H groups in total. The van der Waals surface area contributed by atoms with Gasteiger partial charge in [0.15, 0.2) is 18.9 Å². The highest BCUT2D eigenvalue weighted by atomic mass is 16.8. The van der Waals surface area contributed by atoms with Gasteiger partial charge in [-0.2, -0.15) is 0 Å². The van der Waals surface area contributed by atoms with Crippen LogP contribution in [0.25, 0.3) is 0 Å². The largest absolute Gasteiger partial charge is 0.394 e. The van der Waals surface area contributed by atoms with Crippen molar-refractivity contribution in [2.75, 3.05) is 26.4 Å². The van der Waals surface area contributed by atoms with Crippen LogP contribution in [0, 0.1) is 0 Å². The number of hydrogen-bond donors (Lipinski definition) is 9. The van der Waals surface area contributed by atoms with E-state index in [9.17, 15) is 46.0 Å². The molecule has 15 nitrogen and oxygen atoms in total. The molecule has 0 aromatic heterocycles. The number of aliphatic hydroxyl groups excluding tert-OH is 9. The fraction of sp³-hybridized carbons (Fsp3) is 0.760. The topological polar surface area (TPSA) is 237 Å². The Balaban J connectivity index is 1.45. The number of aliphatic hydroxyl groups is 9. The molecule has 0 saturated carbocycles. The summed E-state index contributed by atoms with van der Waals surface area (Å²) in [6.07, 6.45) is -20.8. The third-order valence-corrected chi connectivity index (χ3v) is 7.18. The Morgan fingerprint density at radius 2 is 1.32 bits per heavy atom. The van der Waals surface area contributed by atoms with E-state index in [2.05, 4.69) is 0 Å². The van der Waals surface area contributed by atoms with Crippen LogP contribution in [0.5, 0.6) is 0 Å². The van der Waals surface area contributed by atoms with Gasteiger partial charge in [0.05, 0.1) is 26.4 Å². The van der Waals surface area contributed by atoms with Crippen molar-refractivity contribution in [3.63, 3.8) is 0 Å². The van der Waals surface area contributed by atoms with Gasteiger partial charge in [-0.1, -0.05) is 30.3 Å². The first-order valence-electron chi connectivity index (χ1n) is 13.0. The van der Waals surface area contributed by atoms with Gasteiger partial charge in [-0.3, -0.25) is 0 Å². The standard InChI is InChI=1S/C25H38O15/c26-8-13-16(29)18(31)21(34)24(38-13)40-22-19(32)17(30)14(10-37-23-20(33)15(28)12(27)9-36-23)39-25(22)35-7-6-11-4-2-1-3-5-11/h1-5,12-34H,6-10H2/t12-,13-,14-,15+,16+,17-,18+,19+,20-,21-,22-,23+,24+,25-/m1/s1. The molecule has 1 aromatic carbocycles. The van der Waals surface area contributed by atoms with Crippen LogP contribution in [0.4, 0.5) is 0 Å². The fourth-order valence-corrected chi connectivity index (χ4v) is 4.71. The second-order valence-corrected chi connectivity index (χ2v) is 10.0. The molecule has 15 heteroatoms. The fourth-order valence-electron chi connectivity index (χ4n) is 4.71. The van der Waals surface area contributed by atoms with Gasteiger partial charge in [0.25, 0.3) is 0 Å². The Hall–Kier alpha value is -1.38. The SMILES string of the molecule is OC[C@H]1O[C@@H](O[C@H]2[C@H](OCCc3ccccc3)O[C@H](CO[C@@H]3OC[C@@H](O)[C@H](O)[C@H]3O)[C@@H](O)[C@@H]2O)[C@H](O)[C@@H](O)[C@H]1O. The van der Waals surface area contributed by atoms with Crippen LogP contribution >= 0.6 is 0 Å². The maximum Gasteiger partial charge on any atom is 0.187 e. The Morgan fingerprint density at radius 3 is 2.02 bits per heavy atom. The molecule has 0 aliphatic carbocycles. The van der Waals surface area contributed by atoms with Gasteiger partial charge in [-0.15, -0.1) is 0 Å². The Morgan fingerprint density at radius 1 is 0.675 bits per heavy atom. The average molecular weight is 579 g/mol. The maximum absolute atomic E-state index is 11.0. The summed E-state index contributed by atoms with van der Waals surface area (Å²) in [5.74, 6) is 0. The molecule has 1 aromatic rings. The second-order valence-electron chi connectivity index (χ2n) is 10.0. The zero-order chi connectivity index (χ0) is 29.0. The highest BCUT2D eigenvalue weighted by Gasteiger charge is 2.51. The minimum Gasteiger partial charge on any atom is -0.394 e. The van der Waals surface area contributed by atoms with E-state index >= 15 is 0 Å². The summed E-state index contributed by atoms with van der Waals surface area (Å²) in [4.78, 5) is 0. The zero-order valence-corrected chi connectivity index (χ0v) is 21.5. The van der Waals surface area contributed by atoms with Crippen molar-refractivity contribution in [1.82, 2.24) is 0 Å². The molecule has 0 amide bonds. The molecular formula is C25H38O15. The lowest BCUT2D eigenvalue weighted by atomic mass is 9.97.